The number of nitrogens with two attached hydrogens (primary N) is 1. The average Bonchev–Trinajstić information content (AvgIpc) is 2.28. The number of halogens is 1. The lowest BCUT2D eigenvalue weighted by atomic mass is 9.92. The molecule has 0 saturated heterocycles. The van der Waals surface area contributed by atoms with Gasteiger partial charge in [0.2, 0.25) is 5.91 Å². The number of amides is 1. The van der Waals surface area contributed by atoms with Crippen molar-refractivity contribution in [2.75, 3.05) is 6.54 Å². The van der Waals surface area contributed by atoms with E-state index >= 15 is 0 Å². The maximum absolute atomic E-state index is 12.0. The topological polar surface area (TPSA) is 55.1 Å². The molecule has 1 rings (SSSR count). The van der Waals surface area contributed by atoms with E-state index in [2.05, 4.69) is 21.2 Å². The molecule has 0 spiro atoms. The second-order valence-electron chi connectivity index (χ2n) is 4.84. The molecule has 0 aromatic heterocycles. The minimum absolute atomic E-state index is 0.0209. The van der Waals surface area contributed by atoms with Gasteiger partial charge >= 0.3 is 0 Å². The summed E-state index contributed by atoms with van der Waals surface area (Å²) in [6, 6.07) is 7.88. The molecule has 1 amide bonds. The predicted octanol–water partition coefficient (Wildman–Crippen LogP) is 2.61. The van der Waals surface area contributed by atoms with E-state index in [1.807, 2.05) is 45.0 Å². The molecule has 0 unspecified atom stereocenters. The highest BCUT2D eigenvalue weighted by Gasteiger charge is 2.26. The first-order valence-electron chi connectivity index (χ1n) is 5.63. The molecule has 1 aromatic carbocycles. The zero-order chi connectivity index (χ0) is 13.1. The van der Waals surface area contributed by atoms with Gasteiger partial charge in [-0.3, -0.25) is 4.79 Å². The standard InChI is InChI=1S/C13H19BrN2O/c1-9(10-5-4-6-11(14)7-10)16-12(17)13(2,3)8-15/h4-7,9H,8,15H2,1-3H3,(H,16,17)/t9-/m0/s1. The first-order chi connectivity index (χ1) is 7.86. The van der Waals surface area contributed by atoms with Crippen molar-refractivity contribution >= 4 is 21.8 Å². The quantitative estimate of drug-likeness (QED) is 0.898. The number of hydrogen-bond donors (Lipinski definition) is 2. The lowest BCUT2D eigenvalue weighted by molar-refractivity contribution is -0.129. The van der Waals surface area contributed by atoms with Gasteiger partial charge in [0, 0.05) is 11.0 Å². The van der Waals surface area contributed by atoms with Crippen molar-refractivity contribution < 1.29 is 4.79 Å². The molecule has 0 aliphatic heterocycles. The monoisotopic (exact) mass is 298 g/mol. The summed E-state index contributed by atoms with van der Waals surface area (Å²) >= 11 is 3.42. The Morgan fingerprint density at radius 2 is 2.18 bits per heavy atom. The number of rotatable bonds is 4. The fraction of sp³-hybridized carbons (Fsp3) is 0.462. The van der Waals surface area contributed by atoms with Crippen LogP contribution in [0.5, 0.6) is 0 Å². The second kappa shape index (κ2) is 5.65. The SMILES string of the molecule is C[C@H](NC(=O)C(C)(C)CN)c1cccc(Br)c1. The molecular weight excluding hydrogens is 280 g/mol. The van der Waals surface area contributed by atoms with Gasteiger partial charge in [-0.1, -0.05) is 28.1 Å². The summed E-state index contributed by atoms with van der Waals surface area (Å²) in [5, 5.41) is 2.97. The van der Waals surface area contributed by atoms with Gasteiger partial charge < -0.3 is 11.1 Å². The molecule has 0 bridgehead atoms. The highest BCUT2D eigenvalue weighted by molar-refractivity contribution is 9.10. The summed E-state index contributed by atoms with van der Waals surface area (Å²) in [6.45, 7) is 5.99. The summed E-state index contributed by atoms with van der Waals surface area (Å²) in [7, 11) is 0. The highest BCUT2D eigenvalue weighted by Crippen LogP contribution is 2.20. The largest absolute Gasteiger partial charge is 0.349 e. The summed E-state index contributed by atoms with van der Waals surface area (Å²) < 4.78 is 1.01. The second-order valence-corrected chi connectivity index (χ2v) is 5.75. The van der Waals surface area contributed by atoms with Crippen LogP contribution in [0.15, 0.2) is 28.7 Å². The van der Waals surface area contributed by atoms with Crippen molar-refractivity contribution in [1.29, 1.82) is 0 Å². The fourth-order valence-corrected chi connectivity index (χ4v) is 1.76. The summed E-state index contributed by atoms with van der Waals surface area (Å²) in [6.07, 6.45) is 0. The third-order valence-electron chi connectivity index (χ3n) is 2.82. The molecule has 0 aliphatic carbocycles. The van der Waals surface area contributed by atoms with Crippen LogP contribution >= 0.6 is 15.9 Å². The van der Waals surface area contributed by atoms with E-state index in [4.69, 9.17) is 5.73 Å². The van der Waals surface area contributed by atoms with Gasteiger partial charge in [-0.15, -0.1) is 0 Å². The summed E-state index contributed by atoms with van der Waals surface area (Å²) in [5.74, 6) is -0.0209. The highest BCUT2D eigenvalue weighted by atomic mass is 79.9. The Kier molecular flexibility index (Phi) is 4.71. The van der Waals surface area contributed by atoms with E-state index in [0.29, 0.717) is 6.54 Å². The van der Waals surface area contributed by atoms with E-state index in [1.54, 1.807) is 0 Å². The average molecular weight is 299 g/mol. The molecule has 0 aliphatic rings. The Morgan fingerprint density at radius 1 is 1.53 bits per heavy atom. The van der Waals surface area contributed by atoms with Gasteiger partial charge in [0.05, 0.1) is 11.5 Å². The van der Waals surface area contributed by atoms with Crippen LogP contribution < -0.4 is 11.1 Å². The van der Waals surface area contributed by atoms with Crippen molar-refractivity contribution in [3.8, 4) is 0 Å². The van der Waals surface area contributed by atoms with Gasteiger partial charge in [-0.2, -0.15) is 0 Å². The van der Waals surface area contributed by atoms with Crippen LogP contribution in [0.2, 0.25) is 0 Å². The minimum atomic E-state index is -0.528. The van der Waals surface area contributed by atoms with Crippen LogP contribution in [0.4, 0.5) is 0 Å². The molecule has 3 nitrogen and oxygen atoms in total. The van der Waals surface area contributed by atoms with Gasteiger partial charge in [0.25, 0.3) is 0 Å². The normalized spacial score (nSPS) is 13.2. The molecule has 0 heterocycles. The number of carbonyl (C=O) groups is 1. The maximum Gasteiger partial charge on any atom is 0.227 e. The van der Waals surface area contributed by atoms with Crippen LogP contribution in [-0.4, -0.2) is 12.5 Å². The van der Waals surface area contributed by atoms with Gasteiger partial charge in [-0.25, -0.2) is 0 Å². The minimum Gasteiger partial charge on any atom is -0.349 e. The Labute approximate surface area is 111 Å². The number of benzene rings is 1. The zero-order valence-electron chi connectivity index (χ0n) is 10.5. The molecule has 0 radical (unpaired) electrons. The van der Waals surface area contributed by atoms with Gasteiger partial charge in [-0.05, 0) is 38.5 Å². The van der Waals surface area contributed by atoms with Crippen molar-refractivity contribution in [3.05, 3.63) is 34.3 Å². The van der Waals surface area contributed by atoms with Crippen LogP contribution in [-0.2, 0) is 4.79 Å². The van der Waals surface area contributed by atoms with Gasteiger partial charge in [0.15, 0.2) is 0 Å². The molecular formula is C13H19BrN2O. The van der Waals surface area contributed by atoms with Crippen LogP contribution in [0, 0.1) is 5.41 Å². The third kappa shape index (κ3) is 3.82. The Morgan fingerprint density at radius 3 is 2.71 bits per heavy atom. The first-order valence-corrected chi connectivity index (χ1v) is 6.42. The van der Waals surface area contributed by atoms with Crippen molar-refractivity contribution in [1.82, 2.24) is 5.32 Å². The molecule has 17 heavy (non-hydrogen) atoms. The summed E-state index contributed by atoms with van der Waals surface area (Å²) in [5.41, 5.74) is 6.12. The first kappa shape index (κ1) is 14.2. The van der Waals surface area contributed by atoms with Crippen molar-refractivity contribution in [2.45, 2.75) is 26.8 Å². The van der Waals surface area contributed by atoms with Crippen molar-refractivity contribution in [2.24, 2.45) is 11.1 Å². The Balaban J connectivity index is 2.73. The molecule has 1 atom stereocenters. The zero-order valence-corrected chi connectivity index (χ0v) is 12.0. The number of nitrogens with one attached hydrogen (secondary N) is 1. The predicted molar refractivity (Wildman–Crippen MR) is 73.5 cm³/mol. The van der Waals surface area contributed by atoms with E-state index in [9.17, 15) is 4.79 Å². The lowest BCUT2D eigenvalue weighted by Crippen LogP contribution is -2.42. The van der Waals surface area contributed by atoms with E-state index in [1.165, 1.54) is 0 Å². The number of hydrogen-bond acceptors (Lipinski definition) is 2. The van der Waals surface area contributed by atoms with E-state index in [-0.39, 0.29) is 11.9 Å². The number of carbonyl (C=O) groups excluding carboxylic acids is 1. The smallest absolute Gasteiger partial charge is 0.227 e. The van der Waals surface area contributed by atoms with Crippen LogP contribution in [0.25, 0.3) is 0 Å². The van der Waals surface area contributed by atoms with Crippen LogP contribution in [0.1, 0.15) is 32.4 Å². The molecule has 3 N–H and O–H groups in total. The molecule has 1 aromatic rings. The summed E-state index contributed by atoms with van der Waals surface area (Å²) in [4.78, 5) is 12.0. The third-order valence-corrected chi connectivity index (χ3v) is 3.31. The maximum atomic E-state index is 12.0. The fourth-order valence-electron chi connectivity index (χ4n) is 1.34. The van der Waals surface area contributed by atoms with Crippen LogP contribution in [0.3, 0.4) is 0 Å². The van der Waals surface area contributed by atoms with E-state index < -0.39 is 5.41 Å². The van der Waals surface area contributed by atoms with E-state index in [0.717, 1.165) is 10.0 Å². The van der Waals surface area contributed by atoms with Crippen molar-refractivity contribution in [3.63, 3.8) is 0 Å². The lowest BCUT2D eigenvalue weighted by Gasteiger charge is -2.24. The molecule has 94 valence electrons. The molecule has 0 fully saturated rings. The Hall–Kier alpha value is -0.870. The molecule has 0 saturated carbocycles. The molecule has 4 heteroatoms. The Bertz CT molecular complexity index is 404. The van der Waals surface area contributed by atoms with Gasteiger partial charge in [0.1, 0.15) is 0 Å².